The van der Waals surface area contributed by atoms with Crippen molar-refractivity contribution in [1.29, 1.82) is 0 Å². The van der Waals surface area contributed by atoms with Crippen molar-refractivity contribution in [3.63, 3.8) is 0 Å². The number of hydrogen-bond acceptors (Lipinski definition) is 5. The molecule has 0 aromatic carbocycles. The smallest absolute Gasteiger partial charge is 0.263 e. The molecule has 0 amide bonds. The Bertz CT molecular complexity index is 708. The Hall–Kier alpha value is -1.93. The van der Waals surface area contributed by atoms with E-state index in [0.29, 0.717) is 23.5 Å². The van der Waals surface area contributed by atoms with Crippen molar-refractivity contribution in [2.24, 2.45) is 12.8 Å². The Morgan fingerprint density at radius 2 is 2.15 bits per heavy atom. The molecule has 0 atom stereocenters. The molecule has 0 fully saturated rings. The minimum atomic E-state index is -3.72. The van der Waals surface area contributed by atoms with Gasteiger partial charge in [-0.1, -0.05) is 6.92 Å². The molecule has 2 heterocycles. The number of rotatable bonds is 5. The lowest BCUT2D eigenvalue weighted by molar-refractivity contribution is 0.599. The molecule has 0 spiro atoms. The summed E-state index contributed by atoms with van der Waals surface area (Å²) < 4.78 is 28.9. The fourth-order valence-corrected chi connectivity index (χ4v) is 3.18. The second-order valence-corrected chi connectivity index (χ2v) is 5.93. The molecule has 20 heavy (non-hydrogen) atoms. The third kappa shape index (κ3) is 2.81. The van der Waals surface area contributed by atoms with Crippen molar-refractivity contribution in [2.45, 2.75) is 24.8 Å². The van der Waals surface area contributed by atoms with Gasteiger partial charge in [0, 0.05) is 26.0 Å². The molecule has 0 saturated heterocycles. The summed E-state index contributed by atoms with van der Waals surface area (Å²) in [5.41, 5.74) is 7.03. The van der Waals surface area contributed by atoms with Crippen LogP contribution in [0.15, 0.2) is 29.4 Å². The van der Waals surface area contributed by atoms with E-state index in [2.05, 4.69) is 14.8 Å². The Morgan fingerprint density at radius 1 is 1.40 bits per heavy atom. The number of nitrogens with zero attached hydrogens (tertiary/aromatic N) is 3. The number of nitrogens with one attached hydrogen (secondary N) is 1. The van der Waals surface area contributed by atoms with E-state index < -0.39 is 10.0 Å². The average molecular weight is 295 g/mol. The van der Waals surface area contributed by atoms with Gasteiger partial charge in [-0.3, -0.25) is 14.4 Å². The van der Waals surface area contributed by atoms with Crippen LogP contribution in [0.1, 0.15) is 18.3 Å². The predicted molar refractivity (Wildman–Crippen MR) is 75.5 cm³/mol. The number of aryl methyl sites for hydroxylation is 2. The van der Waals surface area contributed by atoms with Crippen molar-refractivity contribution < 1.29 is 8.42 Å². The minimum absolute atomic E-state index is 0.0603. The first-order chi connectivity index (χ1) is 9.47. The van der Waals surface area contributed by atoms with Crippen LogP contribution in [-0.2, 0) is 30.0 Å². The molecule has 2 aromatic heterocycles. The first-order valence-corrected chi connectivity index (χ1v) is 7.65. The van der Waals surface area contributed by atoms with E-state index in [1.807, 2.05) is 6.92 Å². The van der Waals surface area contributed by atoms with Gasteiger partial charge in [-0.2, -0.15) is 5.10 Å². The van der Waals surface area contributed by atoms with Gasteiger partial charge in [0.05, 0.1) is 17.1 Å². The van der Waals surface area contributed by atoms with Crippen LogP contribution in [0.4, 0.5) is 5.69 Å². The molecule has 0 radical (unpaired) electrons. The van der Waals surface area contributed by atoms with Crippen LogP contribution >= 0.6 is 0 Å². The second-order valence-electron chi connectivity index (χ2n) is 4.27. The van der Waals surface area contributed by atoms with E-state index >= 15 is 0 Å². The SMILES string of the molecule is CCc1nn(C)cc1NS(=O)(=O)c1cccnc1CN. The highest BCUT2D eigenvalue weighted by molar-refractivity contribution is 7.92. The zero-order valence-corrected chi connectivity index (χ0v) is 12.2. The molecule has 8 heteroatoms. The number of nitrogens with two attached hydrogens (primary N) is 1. The van der Waals surface area contributed by atoms with Gasteiger partial charge in [-0.25, -0.2) is 8.42 Å². The summed E-state index contributed by atoms with van der Waals surface area (Å²) in [7, 11) is -1.98. The maximum absolute atomic E-state index is 12.4. The summed E-state index contributed by atoms with van der Waals surface area (Å²) in [6, 6.07) is 3.05. The molecule has 0 aliphatic carbocycles. The summed E-state index contributed by atoms with van der Waals surface area (Å²) in [4.78, 5) is 4.08. The van der Waals surface area contributed by atoms with Crippen LogP contribution in [0.2, 0.25) is 0 Å². The van der Waals surface area contributed by atoms with Gasteiger partial charge in [0.25, 0.3) is 10.0 Å². The van der Waals surface area contributed by atoms with Crippen LogP contribution in [0.3, 0.4) is 0 Å². The molecule has 0 saturated carbocycles. The molecule has 108 valence electrons. The van der Waals surface area contributed by atoms with Crippen LogP contribution in [0.5, 0.6) is 0 Å². The monoisotopic (exact) mass is 295 g/mol. The lowest BCUT2D eigenvalue weighted by Crippen LogP contribution is -2.17. The van der Waals surface area contributed by atoms with Gasteiger partial charge in [0.2, 0.25) is 0 Å². The molecule has 2 rings (SSSR count). The number of anilines is 1. The van der Waals surface area contributed by atoms with E-state index in [1.54, 1.807) is 24.0 Å². The average Bonchev–Trinajstić information content (AvgIpc) is 2.77. The first kappa shape index (κ1) is 14.5. The normalized spacial score (nSPS) is 11.6. The Morgan fingerprint density at radius 3 is 2.80 bits per heavy atom. The highest BCUT2D eigenvalue weighted by atomic mass is 32.2. The second kappa shape index (κ2) is 5.59. The molecule has 0 aliphatic rings. The van der Waals surface area contributed by atoms with E-state index in [1.165, 1.54) is 12.3 Å². The van der Waals surface area contributed by atoms with Crippen LogP contribution in [0.25, 0.3) is 0 Å². The number of sulfonamides is 1. The quantitative estimate of drug-likeness (QED) is 0.842. The molecule has 2 aromatic rings. The lowest BCUT2D eigenvalue weighted by atomic mass is 10.3. The number of pyridine rings is 1. The van der Waals surface area contributed by atoms with Gasteiger partial charge in [0.1, 0.15) is 4.90 Å². The highest BCUT2D eigenvalue weighted by Crippen LogP contribution is 2.20. The number of aromatic nitrogens is 3. The van der Waals surface area contributed by atoms with Crippen molar-refractivity contribution in [3.8, 4) is 0 Å². The lowest BCUT2D eigenvalue weighted by Gasteiger charge is -2.10. The maximum atomic E-state index is 12.4. The van der Waals surface area contributed by atoms with E-state index in [4.69, 9.17) is 5.73 Å². The zero-order chi connectivity index (χ0) is 14.8. The molecular formula is C12H17N5O2S. The summed E-state index contributed by atoms with van der Waals surface area (Å²) >= 11 is 0. The summed E-state index contributed by atoms with van der Waals surface area (Å²) in [6.45, 7) is 1.97. The van der Waals surface area contributed by atoms with Crippen molar-refractivity contribution in [2.75, 3.05) is 4.72 Å². The number of hydrogen-bond donors (Lipinski definition) is 2. The van der Waals surface area contributed by atoms with Crippen LogP contribution in [-0.4, -0.2) is 23.2 Å². The third-order valence-corrected chi connectivity index (χ3v) is 4.26. The largest absolute Gasteiger partial charge is 0.325 e. The molecular weight excluding hydrogens is 278 g/mol. The zero-order valence-electron chi connectivity index (χ0n) is 11.4. The highest BCUT2D eigenvalue weighted by Gasteiger charge is 2.20. The van der Waals surface area contributed by atoms with Gasteiger partial charge >= 0.3 is 0 Å². The molecule has 0 aliphatic heterocycles. The molecule has 3 N–H and O–H groups in total. The Balaban J connectivity index is 2.40. The van der Waals surface area contributed by atoms with Crippen LogP contribution in [0, 0.1) is 0 Å². The van der Waals surface area contributed by atoms with Gasteiger partial charge < -0.3 is 5.73 Å². The summed E-state index contributed by atoms with van der Waals surface area (Å²) in [6.07, 6.45) is 3.78. The van der Waals surface area contributed by atoms with Crippen LogP contribution < -0.4 is 10.5 Å². The van der Waals surface area contributed by atoms with Gasteiger partial charge in [-0.05, 0) is 18.6 Å². The fourth-order valence-electron chi connectivity index (χ4n) is 1.90. The minimum Gasteiger partial charge on any atom is -0.325 e. The van der Waals surface area contributed by atoms with Crippen molar-refractivity contribution in [3.05, 3.63) is 35.9 Å². The van der Waals surface area contributed by atoms with Gasteiger partial charge in [0.15, 0.2) is 0 Å². The van der Waals surface area contributed by atoms with E-state index in [0.717, 1.165) is 0 Å². The van der Waals surface area contributed by atoms with E-state index in [9.17, 15) is 8.42 Å². The molecule has 0 unspecified atom stereocenters. The first-order valence-electron chi connectivity index (χ1n) is 6.17. The fraction of sp³-hybridized carbons (Fsp3) is 0.333. The van der Waals surface area contributed by atoms with Crippen molar-refractivity contribution >= 4 is 15.7 Å². The predicted octanol–water partition coefficient (Wildman–Crippen LogP) is 0.637. The molecule has 0 bridgehead atoms. The van der Waals surface area contributed by atoms with Gasteiger partial charge in [-0.15, -0.1) is 0 Å². The summed E-state index contributed by atoms with van der Waals surface area (Å²) in [5, 5.41) is 4.20. The van der Waals surface area contributed by atoms with Crippen molar-refractivity contribution in [1.82, 2.24) is 14.8 Å². The topological polar surface area (TPSA) is 103 Å². The third-order valence-electron chi connectivity index (χ3n) is 2.82. The summed E-state index contributed by atoms with van der Waals surface area (Å²) in [5.74, 6) is 0. The van der Waals surface area contributed by atoms with E-state index in [-0.39, 0.29) is 11.4 Å². The Labute approximate surface area is 117 Å². The maximum Gasteiger partial charge on any atom is 0.263 e. The Kier molecular flexibility index (Phi) is 4.05. The standard InChI is InChI=1S/C12H17N5O2S/c1-3-9-11(8-17(2)15-9)16-20(18,19)12-5-4-6-14-10(12)7-13/h4-6,8,16H,3,7,13H2,1-2H3. The molecule has 7 nitrogen and oxygen atoms in total.